The third-order valence-electron chi connectivity index (χ3n) is 3.27. The van der Waals surface area contributed by atoms with E-state index in [0.29, 0.717) is 12.5 Å². The summed E-state index contributed by atoms with van der Waals surface area (Å²) in [6.07, 6.45) is 3.71. The van der Waals surface area contributed by atoms with E-state index in [4.69, 9.17) is 9.47 Å². The minimum absolute atomic E-state index is 0.0612. The maximum Gasteiger partial charge on any atom is 0.410 e. The summed E-state index contributed by atoms with van der Waals surface area (Å²) in [6.45, 7) is 7.19. The van der Waals surface area contributed by atoms with Gasteiger partial charge in [0.15, 0.2) is 0 Å². The third kappa shape index (κ3) is 6.45. The van der Waals surface area contributed by atoms with Crippen molar-refractivity contribution in [1.82, 2.24) is 4.90 Å². The molecule has 0 N–H and O–H groups in total. The largest absolute Gasteiger partial charge is 0.466 e. The van der Waals surface area contributed by atoms with Crippen molar-refractivity contribution < 1.29 is 19.1 Å². The van der Waals surface area contributed by atoms with Gasteiger partial charge in [-0.2, -0.15) is 0 Å². The zero-order chi connectivity index (χ0) is 14.3. The van der Waals surface area contributed by atoms with E-state index in [0.717, 1.165) is 38.8 Å². The summed E-state index contributed by atoms with van der Waals surface area (Å²) < 4.78 is 10.1. The molecule has 0 atom stereocenters. The molecule has 1 amide bonds. The molecule has 0 saturated carbocycles. The lowest BCUT2D eigenvalue weighted by molar-refractivity contribution is -0.141. The van der Waals surface area contributed by atoms with Gasteiger partial charge in [-0.1, -0.05) is 0 Å². The Labute approximate surface area is 115 Å². The lowest BCUT2D eigenvalue weighted by Crippen LogP contribution is -2.39. The van der Waals surface area contributed by atoms with E-state index in [2.05, 4.69) is 0 Å². The molecule has 0 spiro atoms. The van der Waals surface area contributed by atoms with Crippen molar-refractivity contribution in [3.8, 4) is 0 Å². The Bertz CT molecular complexity index is 296. The van der Waals surface area contributed by atoms with Gasteiger partial charge in [-0.25, -0.2) is 4.79 Å². The van der Waals surface area contributed by atoms with Gasteiger partial charge in [-0.15, -0.1) is 0 Å². The summed E-state index contributed by atoms with van der Waals surface area (Å²) in [5.41, 5.74) is 0. The van der Waals surface area contributed by atoms with Crippen LogP contribution in [0.4, 0.5) is 4.79 Å². The Balaban J connectivity index is 2.14. The van der Waals surface area contributed by atoms with E-state index in [1.165, 1.54) is 6.92 Å². The molecule has 1 aliphatic heterocycles. The monoisotopic (exact) mass is 271 g/mol. The molecule has 1 rings (SSSR count). The van der Waals surface area contributed by atoms with Gasteiger partial charge in [0.1, 0.15) is 0 Å². The Kier molecular flexibility index (Phi) is 6.67. The Hall–Kier alpha value is -1.26. The molecular formula is C14H25NO4. The van der Waals surface area contributed by atoms with Gasteiger partial charge < -0.3 is 14.4 Å². The standard InChI is InChI=1S/C14H25NO4/c1-11(2)19-14(17)15-8-6-13(7-9-15)5-4-10-18-12(3)16/h11,13H,4-10H2,1-3H3. The minimum atomic E-state index is -0.216. The predicted molar refractivity (Wildman–Crippen MR) is 71.8 cm³/mol. The third-order valence-corrected chi connectivity index (χ3v) is 3.27. The van der Waals surface area contributed by atoms with Gasteiger partial charge in [0.2, 0.25) is 0 Å². The molecule has 5 nitrogen and oxygen atoms in total. The van der Waals surface area contributed by atoms with Crippen molar-refractivity contribution in [2.45, 2.75) is 52.6 Å². The molecule has 110 valence electrons. The van der Waals surface area contributed by atoms with Gasteiger partial charge in [-0.3, -0.25) is 4.79 Å². The number of rotatable bonds is 5. The lowest BCUT2D eigenvalue weighted by Gasteiger charge is -2.31. The Morgan fingerprint density at radius 3 is 2.42 bits per heavy atom. The molecule has 5 heteroatoms. The SMILES string of the molecule is CC(=O)OCCCC1CCN(C(=O)OC(C)C)CC1. The molecule has 0 radical (unpaired) electrons. The molecule has 0 aromatic carbocycles. The molecule has 1 fully saturated rings. The Morgan fingerprint density at radius 1 is 1.26 bits per heavy atom. The average molecular weight is 271 g/mol. The summed E-state index contributed by atoms with van der Waals surface area (Å²) >= 11 is 0. The van der Waals surface area contributed by atoms with Crippen molar-refractivity contribution in [3.63, 3.8) is 0 Å². The second-order valence-corrected chi connectivity index (χ2v) is 5.35. The van der Waals surface area contributed by atoms with Crippen LogP contribution in [-0.2, 0) is 14.3 Å². The van der Waals surface area contributed by atoms with Crippen LogP contribution in [0.2, 0.25) is 0 Å². The number of esters is 1. The number of hydrogen-bond acceptors (Lipinski definition) is 4. The molecule has 0 aliphatic carbocycles. The van der Waals surface area contributed by atoms with Crippen molar-refractivity contribution in [3.05, 3.63) is 0 Å². The lowest BCUT2D eigenvalue weighted by atomic mass is 9.92. The van der Waals surface area contributed by atoms with Crippen LogP contribution in [0.15, 0.2) is 0 Å². The zero-order valence-corrected chi connectivity index (χ0v) is 12.2. The summed E-state index contributed by atoms with van der Waals surface area (Å²) in [5.74, 6) is 0.407. The van der Waals surface area contributed by atoms with E-state index in [1.807, 2.05) is 13.8 Å². The highest BCUT2D eigenvalue weighted by atomic mass is 16.6. The van der Waals surface area contributed by atoms with Crippen molar-refractivity contribution >= 4 is 12.1 Å². The topological polar surface area (TPSA) is 55.8 Å². The maximum absolute atomic E-state index is 11.7. The molecule has 19 heavy (non-hydrogen) atoms. The number of likely N-dealkylation sites (tertiary alicyclic amines) is 1. The second kappa shape index (κ2) is 8.02. The van der Waals surface area contributed by atoms with Gasteiger partial charge in [0.05, 0.1) is 12.7 Å². The second-order valence-electron chi connectivity index (χ2n) is 5.35. The first-order valence-electron chi connectivity index (χ1n) is 7.08. The summed E-state index contributed by atoms with van der Waals surface area (Å²) in [4.78, 5) is 24.1. The van der Waals surface area contributed by atoms with E-state index in [9.17, 15) is 9.59 Å². The van der Waals surface area contributed by atoms with Crippen molar-refractivity contribution in [2.24, 2.45) is 5.92 Å². The smallest absolute Gasteiger partial charge is 0.410 e. The summed E-state index contributed by atoms with van der Waals surface area (Å²) in [5, 5.41) is 0. The highest BCUT2D eigenvalue weighted by Gasteiger charge is 2.23. The predicted octanol–water partition coefficient (Wildman–Crippen LogP) is 2.59. The molecule has 0 unspecified atom stereocenters. The molecule has 1 heterocycles. The highest BCUT2D eigenvalue weighted by Crippen LogP contribution is 2.22. The fraction of sp³-hybridized carbons (Fsp3) is 0.857. The molecule has 0 bridgehead atoms. The van der Waals surface area contributed by atoms with E-state index in [1.54, 1.807) is 4.90 Å². The normalized spacial score (nSPS) is 16.5. The number of amides is 1. The van der Waals surface area contributed by atoms with Crippen LogP contribution < -0.4 is 0 Å². The van der Waals surface area contributed by atoms with Crippen molar-refractivity contribution in [2.75, 3.05) is 19.7 Å². The summed E-state index contributed by atoms with van der Waals surface area (Å²) in [7, 11) is 0. The number of ether oxygens (including phenoxy) is 2. The number of nitrogens with zero attached hydrogens (tertiary/aromatic N) is 1. The summed E-state index contributed by atoms with van der Waals surface area (Å²) in [6, 6.07) is 0. The van der Waals surface area contributed by atoms with Gasteiger partial charge in [0.25, 0.3) is 0 Å². The van der Waals surface area contributed by atoms with Crippen molar-refractivity contribution in [1.29, 1.82) is 0 Å². The van der Waals surface area contributed by atoms with Gasteiger partial charge >= 0.3 is 12.1 Å². The Morgan fingerprint density at radius 2 is 1.89 bits per heavy atom. The highest BCUT2D eigenvalue weighted by molar-refractivity contribution is 5.67. The molecule has 1 saturated heterocycles. The van der Waals surface area contributed by atoms with Gasteiger partial charge in [0, 0.05) is 20.0 Å². The molecule has 1 aliphatic rings. The van der Waals surface area contributed by atoms with Crippen LogP contribution in [0.1, 0.15) is 46.5 Å². The molecule has 0 aromatic rings. The van der Waals surface area contributed by atoms with Crippen LogP contribution in [0.25, 0.3) is 0 Å². The molecule has 0 aromatic heterocycles. The minimum Gasteiger partial charge on any atom is -0.466 e. The number of carbonyl (C=O) groups excluding carboxylic acids is 2. The average Bonchev–Trinajstić information content (AvgIpc) is 2.34. The van der Waals surface area contributed by atoms with E-state index >= 15 is 0 Å². The quantitative estimate of drug-likeness (QED) is 0.569. The van der Waals surface area contributed by atoms with Gasteiger partial charge in [-0.05, 0) is 45.4 Å². The first-order valence-corrected chi connectivity index (χ1v) is 7.08. The van der Waals surface area contributed by atoms with Crippen LogP contribution in [-0.4, -0.2) is 42.8 Å². The van der Waals surface area contributed by atoms with Crippen LogP contribution >= 0.6 is 0 Å². The van der Waals surface area contributed by atoms with Crippen LogP contribution in [0.5, 0.6) is 0 Å². The van der Waals surface area contributed by atoms with E-state index < -0.39 is 0 Å². The fourth-order valence-corrected chi connectivity index (χ4v) is 2.27. The van der Waals surface area contributed by atoms with Crippen LogP contribution in [0, 0.1) is 5.92 Å². The first-order chi connectivity index (χ1) is 8.99. The number of piperidine rings is 1. The van der Waals surface area contributed by atoms with E-state index in [-0.39, 0.29) is 18.2 Å². The fourth-order valence-electron chi connectivity index (χ4n) is 2.27. The maximum atomic E-state index is 11.7. The van der Waals surface area contributed by atoms with Crippen LogP contribution in [0.3, 0.4) is 0 Å². The number of carbonyl (C=O) groups is 2. The number of hydrogen-bond donors (Lipinski definition) is 0. The first kappa shape index (κ1) is 15.8. The molecular weight excluding hydrogens is 246 g/mol. The zero-order valence-electron chi connectivity index (χ0n) is 12.2.